The lowest BCUT2D eigenvalue weighted by molar-refractivity contribution is -0.144. The molecule has 0 heterocycles. The highest BCUT2D eigenvalue weighted by atomic mass is 16.5. The van der Waals surface area contributed by atoms with Gasteiger partial charge in [-0.1, -0.05) is 77.0 Å². The molecule has 0 aromatic heterocycles. The molecule has 20 nitrogen and oxygen atoms in total. The number of carbonyl (C=O) groups excluding carboxylic acids is 5. The molecule has 3 atom stereocenters. The summed E-state index contributed by atoms with van der Waals surface area (Å²) in [6, 6.07) is -4.05. The predicted octanol–water partition coefficient (Wildman–Crippen LogP) is 2.00. The van der Waals surface area contributed by atoms with Crippen molar-refractivity contribution in [2.45, 2.75) is 159 Å². The smallest absolute Gasteiger partial charge is 0.326 e. The van der Waals surface area contributed by atoms with Crippen molar-refractivity contribution in [3.8, 4) is 0 Å². The Morgan fingerprint density at radius 3 is 1.24 bits per heavy atom. The Balaban J connectivity index is 4.00. The number of carboxylic acid groups (broad SMARTS) is 4. The average Bonchev–Trinajstić information content (AvgIpc) is 3.16. The summed E-state index contributed by atoms with van der Waals surface area (Å²) in [5, 5.41) is 46.1. The van der Waals surface area contributed by atoms with Crippen molar-refractivity contribution < 1.29 is 73.1 Å². The van der Waals surface area contributed by atoms with Crippen LogP contribution in [0.15, 0.2) is 0 Å². The van der Waals surface area contributed by atoms with E-state index >= 15 is 0 Å². The molecular weight excluding hydrogens is 778 g/mol. The van der Waals surface area contributed by atoms with Crippen molar-refractivity contribution in [3.05, 3.63) is 0 Å². The van der Waals surface area contributed by atoms with E-state index in [4.69, 9.17) is 25.4 Å². The lowest BCUT2D eigenvalue weighted by atomic mass is 10.0. The zero-order valence-electron chi connectivity index (χ0n) is 34.2. The van der Waals surface area contributed by atoms with Crippen LogP contribution in [0.2, 0.25) is 0 Å². The molecule has 0 aliphatic heterocycles. The summed E-state index contributed by atoms with van der Waals surface area (Å²) in [6.45, 7) is -0.355. The Morgan fingerprint density at radius 2 is 0.797 bits per heavy atom. The van der Waals surface area contributed by atoms with Gasteiger partial charge >= 0.3 is 23.9 Å². The van der Waals surface area contributed by atoms with Crippen LogP contribution in [-0.4, -0.2) is 125 Å². The van der Waals surface area contributed by atoms with Gasteiger partial charge in [-0.05, 0) is 32.1 Å². The topological polar surface area (TPSA) is 327 Å². The van der Waals surface area contributed by atoms with E-state index in [-0.39, 0.29) is 77.2 Å². The molecule has 0 saturated carbocycles. The molecule has 10 N–H and O–H groups in total. The second kappa shape index (κ2) is 35.1. The highest BCUT2D eigenvalue weighted by molar-refractivity contribution is 5.87. The van der Waals surface area contributed by atoms with Gasteiger partial charge in [-0.25, -0.2) is 14.4 Å². The van der Waals surface area contributed by atoms with Gasteiger partial charge < -0.3 is 56.9 Å². The normalized spacial score (nSPS) is 12.4. The van der Waals surface area contributed by atoms with E-state index in [0.29, 0.717) is 6.42 Å². The number of rotatable bonds is 40. The van der Waals surface area contributed by atoms with Crippen LogP contribution < -0.4 is 27.0 Å². The van der Waals surface area contributed by atoms with Gasteiger partial charge in [0.05, 0.1) is 19.8 Å². The standard InChI is InChI=1S/C39H67N5O15/c40-31(45)20-17-28(37(52)53)43-34(48)22-19-30(39(56)57)44-35(49)27-59-26-25-58-24-23-41-32(46)21-18-29(38(54)55)42-33(47)15-13-11-9-7-5-3-1-2-4-6-8-10-12-14-16-36(50)51/h28-30H,1-27H2,(H2,40,45)(H,41,46)(H,42,47)(H,43,48)(H,44,49)(H,50,51)(H,52,53)(H,54,55)(H,56,57). The second-order valence-corrected chi connectivity index (χ2v) is 14.3. The minimum Gasteiger partial charge on any atom is -0.481 e. The van der Waals surface area contributed by atoms with Gasteiger partial charge in [0.15, 0.2) is 0 Å². The van der Waals surface area contributed by atoms with E-state index < -0.39 is 78.7 Å². The third kappa shape index (κ3) is 33.8. The van der Waals surface area contributed by atoms with Crippen molar-refractivity contribution in [2.75, 3.05) is 33.0 Å². The molecule has 20 heteroatoms. The molecule has 0 radical (unpaired) electrons. The van der Waals surface area contributed by atoms with Gasteiger partial charge in [0, 0.05) is 38.6 Å². The zero-order chi connectivity index (χ0) is 44.3. The van der Waals surface area contributed by atoms with Crippen molar-refractivity contribution in [1.82, 2.24) is 21.3 Å². The van der Waals surface area contributed by atoms with Gasteiger partial charge in [-0.15, -0.1) is 0 Å². The molecule has 3 unspecified atom stereocenters. The van der Waals surface area contributed by atoms with Crippen LogP contribution in [0, 0.1) is 0 Å². The number of nitrogens with one attached hydrogen (secondary N) is 4. The molecule has 0 saturated heterocycles. The number of hydrogen-bond acceptors (Lipinski definition) is 11. The molecule has 5 amide bonds. The number of ether oxygens (including phenoxy) is 2. The highest BCUT2D eigenvalue weighted by Gasteiger charge is 2.24. The van der Waals surface area contributed by atoms with Crippen LogP contribution in [0.25, 0.3) is 0 Å². The minimum atomic E-state index is -1.46. The number of unbranched alkanes of at least 4 members (excludes halogenated alkanes) is 13. The monoisotopic (exact) mass is 845 g/mol. The van der Waals surface area contributed by atoms with Crippen molar-refractivity contribution in [3.63, 3.8) is 0 Å². The maximum atomic E-state index is 12.3. The minimum absolute atomic E-state index is 0.0289. The third-order valence-electron chi connectivity index (χ3n) is 9.12. The maximum Gasteiger partial charge on any atom is 0.326 e. The van der Waals surface area contributed by atoms with Crippen LogP contribution >= 0.6 is 0 Å². The van der Waals surface area contributed by atoms with E-state index in [0.717, 1.165) is 51.4 Å². The number of carboxylic acids is 4. The Hall–Kier alpha value is -4.85. The Bertz CT molecular complexity index is 1300. The number of amides is 5. The summed E-state index contributed by atoms with van der Waals surface area (Å²) < 4.78 is 10.5. The largest absolute Gasteiger partial charge is 0.481 e. The first-order valence-corrected chi connectivity index (χ1v) is 20.6. The van der Waals surface area contributed by atoms with E-state index in [1.54, 1.807) is 0 Å². The van der Waals surface area contributed by atoms with Crippen LogP contribution in [0.5, 0.6) is 0 Å². The lowest BCUT2D eigenvalue weighted by Gasteiger charge is -2.16. The van der Waals surface area contributed by atoms with E-state index in [9.17, 15) is 53.4 Å². The first-order chi connectivity index (χ1) is 28.1. The lowest BCUT2D eigenvalue weighted by Crippen LogP contribution is -2.45. The number of aliphatic carboxylic acids is 4. The quantitative estimate of drug-likeness (QED) is 0.0398. The van der Waals surface area contributed by atoms with Gasteiger partial charge in [0.1, 0.15) is 24.7 Å². The fourth-order valence-electron chi connectivity index (χ4n) is 5.80. The SMILES string of the molecule is NC(=O)CCC(NC(=O)CCC(NC(=O)COCCOCCNC(=O)CCC(NC(=O)CCCCCCCCCCCCCCCCC(=O)O)C(=O)O)C(=O)O)C(=O)O. The van der Waals surface area contributed by atoms with E-state index in [1.807, 2.05) is 0 Å². The van der Waals surface area contributed by atoms with E-state index in [1.165, 1.54) is 32.1 Å². The fraction of sp³-hybridized carbons (Fsp3) is 0.769. The summed E-state index contributed by atoms with van der Waals surface area (Å²) in [4.78, 5) is 105. The average molecular weight is 846 g/mol. The number of carbonyl (C=O) groups is 9. The predicted molar refractivity (Wildman–Crippen MR) is 212 cm³/mol. The Kier molecular flexibility index (Phi) is 32.2. The van der Waals surface area contributed by atoms with Gasteiger partial charge in [0.25, 0.3) is 0 Å². The van der Waals surface area contributed by atoms with Gasteiger partial charge in [-0.3, -0.25) is 28.8 Å². The maximum absolute atomic E-state index is 12.3. The molecule has 0 rings (SSSR count). The first kappa shape index (κ1) is 54.2. The van der Waals surface area contributed by atoms with E-state index in [2.05, 4.69) is 21.3 Å². The van der Waals surface area contributed by atoms with Crippen molar-refractivity contribution >= 4 is 53.4 Å². The third-order valence-corrected chi connectivity index (χ3v) is 9.12. The first-order valence-electron chi connectivity index (χ1n) is 20.6. The summed E-state index contributed by atoms with van der Waals surface area (Å²) in [7, 11) is 0. The second-order valence-electron chi connectivity index (χ2n) is 14.3. The molecular formula is C39H67N5O15. The van der Waals surface area contributed by atoms with Gasteiger partial charge in [0.2, 0.25) is 29.5 Å². The zero-order valence-corrected chi connectivity index (χ0v) is 34.2. The molecule has 0 aliphatic carbocycles. The molecule has 59 heavy (non-hydrogen) atoms. The molecule has 0 fully saturated rings. The molecule has 0 aliphatic rings. The molecule has 338 valence electrons. The van der Waals surface area contributed by atoms with Crippen LogP contribution in [0.4, 0.5) is 0 Å². The molecule has 0 spiro atoms. The summed E-state index contributed by atoms with van der Waals surface area (Å²) >= 11 is 0. The summed E-state index contributed by atoms with van der Waals surface area (Å²) in [6.07, 6.45) is 13.7. The van der Waals surface area contributed by atoms with Gasteiger partial charge in [-0.2, -0.15) is 0 Å². The Labute approximate surface area is 345 Å². The number of primary amides is 1. The molecule has 0 aromatic rings. The van der Waals surface area contributed by atoms with Crippen molar-refractivity contribution in [1.29, 1.82) is 0 Å². The molecule has 0 aromatic carbocycles. The molecule has 0 bridgehead atoms. The highest BCUT2D eigenvalue weighted by Crippen LogP contribution is 2.14. The Morgan fingerprint density at radius 1 is 0.424 bits per heavy atom. The fourth-order valence-corrected chi connectivity index (χ4v) is 5.80. The number of hydrogen-bond donors (Lipinski definition) is 9. The number of nitrogens with two attached hydrogens (primary N) is 1. The van der Waals surface area contributed by atoms with Crippen molar-refractivity contribution in [2.24, 2.45) is 5.73 Å². The summed E-state index contributed by atoms with van der Waals surface area (Å²) in [5.74, 6) is -7.90. The summed E-state index contributed by atoms with van der Waals surface area (Å²) in [5.41, 5.74) is 4.99. The van der Waals surface area contributed by atoms with Crippen LogP contribution in [0.3, 0.4) is 0 Å². The van der Waals surface area contributed by atoms with Crippen LogP contribution in [-0.2, 0) is 52.6 Å². The van der Waals surface area contributed by atoms with Crippen LogP contribution in [0.1, 0.15) is 141 Å².